The Hall–Kier alpha value is -1.22. The number of rotatable bonds is 6. The van der Waals surface area contributed by atoms with E-state index in [1.54, 1.807) is 0 Å². The molecule has 0 aliphatic heterocycles. The molecule has 0 amide bonds. The van der Waals surface area contributed by atoms with Crippen LogP contribution >= 0.6 is 0 Å². The third kappa shape index (κ3) is 3.74. The van der Waals surface area contributed by atoms with Crippen LogP contribution in [0.4, 0.5) is 5.69 Å². The van der Waals surface area contributed by atoms with Crippen molar-refractivity contribution in [3.63, 3.8) is 0 Å². The molecule has 1 atom stereocenters. The lowest BCUT2D eigenvalue weighted by atomic mass is 10.2. The molecule has 90 valence electrons. The van der Waals surface area contributed by atoms with Gasteiger partial charge in [0.25, 0.3) is 0 Å². The molecule has 0 radical (unpaired) electrons. The van der Waals surface area contributed by atoms with Gasteiger partial charge >= 0.3 is 0 Å². The van der Waals surface area contributed by atoms with Gasteiger partial charge in [0.15, 0.2) is 0 Å². The Balaban J connectivity index is 2.56. The summed E-state index contributed by atoms with van der Waals surface area (Å²) < 4.78 is 5.75. The Morgan fingerprint density at radius 3 is 2.69 bits per heavy atom. The van der Waals surface area contributed by atoms with E-state index in [1.165, 1.54) is 0 Å². The van der Waals surface area contributed by atoms with Gasteiger partial charge in [0, 0.05) is 31.9 Å². The van der Waals surface area contributed by atoms with Crippen molar-refractivity contribution in [2.75, 3.05) is 32.6 Å². The minimum absolute atomic E-state index is 0.419. The number of benzene rings is 1. The molecule has 1 rings (SSSR count). The summed E-state index contributed by atoms with van der Waals surface area (Å²) in [6.45, 7) is 2.87. The van der Waals surface area contributed by atoms with Crippen LogP contribution in [-0.2, 0) is 0 Å². The maximum Gasteiger partial charge on any atom is 0.121 e. The second-order valence-corrected chi connectivity index (χ2v) is 4.10. The van der Waals surface area contributed by atoms with E-state index in [0.717, 1.165) is 17.9 Å². The number of nitrogens with zero attached hydrogens (tertiary/aromatic N) is 1. The third-order valence-electron chi connectivity index (χ3n) is 2.69. The smallest absolute Gasteiger partial charge is 0.121 e. The first-order valence-electron chi connectivity index (χ1n) is 5.74. The Morgan fingerprint density at radius 2 is 2.12 bits per heavy atom. The number of likely N-dealkylation sites (N-methyl/N-ethyl adjacent to an activating group) is 1. The lowest BCUT2D eigenvalue weighted by Gasteiger charge is -2.17. The van der Waals surface area contributed by atoms with Crippen molar-refractivity contribution < 1.29 is 4.74 Å². The Labute approximate surface area is 98.4 Å². The van der Waals surface area contributed by atoms with Gasteiger partial charge < -0.3 is 15.0 Å². The van der Waals surface area contributed by atoms with Gasteiger partial charge in [0.2, 0.25) is 0 Å². The van der Waals surface area contributed by atoms with Crippen molar-refractivity contribution in [3.8, 4) is 5.75 Å². The molecule has 1 unspecified atom stereocenters. The van der Waals surface area contributed by atoms with Crippen molar-refractivity contribution in [1.82, 2.24) is 5.32 Å². The summed E-state index contributed by atoms with van der Waals surface area (Å²) >= 11 is 0. The zero-order valence-electron chi connectivity index (χ0n) is 10.7. The fourth-order valence-electron chi connectivity index (χ4n) is 1.45. The van der Waals surface area contributed by atoms with Crippen molar-refractivity contribution in [3.05, 3.63) is 24.3 Å². The third-order valence-corrected chi connectivity index (χ3v) is 2.69. The molecule has 0 aliphatic carbocycles. The molecule has 0 spiro atoms. The predicted molar refractivity (Wildman–Crippen MR) is 69.4 cm³/mol. The second kappa shape index (κ2) is 6.38. The van der Waals surface area contributed by atoms with Gasteiger partial charge in [-0.15, -0.1) is 0 Å². The van der Waals surface area contributed by atoms with Gasteiger partial charge in [-0.05, 0) is 25.6 Å². The van der Waals surface area contributed by atoms with Gasteiger partial charge in [-0.1, -0.05) is 13.0 Å². The van der Waals surface area contributed by atoms with Crippen molar-refractivity contribution in [2.24, 2.45) is 0 Å². The lowest BCUT2D eigenvalue weighted by molar-refractivity contribution is 0.267. The lowest BCUT2D eigenvalue weighted by Crippen LogP contribution is -2.30. The van der Waals surface area contributed by atoms with Crippen LogP contribution in [0.15, 0.2) is 24.3 Å². The van der Waals surface area contributed by atoms with E-state index in [0.29, 0.717) is 12.6 Å². The monoisotopic (exact) mass is 222 g/mol. The first kappa shape index (κ1) is 12.8. The van der Waals surface area contributed by atoms with Gasteiger partial charge in [0.1, 0.15) is 12.4 Å². The van der Waals surface area contributed by atoms with Crippen molar-refractivity contribution in [1.29, 1.82) is 0 Å². The molecular weight excluding hydrogens is 200 g/mol. The average molecular weight is 222 g/mol. The molecule has 0 fully saturated rings. The van der Waals surface area contributed by atoms with Crippen molar-refractivity contribution in [2.45, 2.75) is 19.4 Å². The minimum atomic E-state index is 0.419. The largest absolute Gasteiger partial charge is 0.492 e. The van der Waals surface area contributed by atoms with Crippen LogP contribution in [0.5, 0.6) is 5.75 Å². The summed E-state index contributed by atoms with van der Waals surface area (Å²) in [5, 5.41) is 3.22. The summed E-state index contributed by atoms with van der Waals surface area (Å²) in [7, 11) is 6.02. The van der Waals surface area contributed by atoms with Crippen LogP contribution in [0, 0.1) is 0 Å². The Bertz CT molecular complexity index is 309. The van der Waals surface area contributed by atoms with E-state index in [4.69, 9.17) is 4.74 Å². The van der Waals surface area contributed by atoms with E-state index in [-0.39, 0.29) is 0 Å². The quantitative estimate of drug-likeness (QED) is 0.798. The molecule has 0 aromatic heterocycles. The zero-order valence-corrected chi connectivity index (χ0v) is 10.7. The first-order chi connectivity index (χ1) is 7.67. The summed E-state index contributed by atoms with van der Waals surface area (Å²) in [5.74, 6) is 0.930. The van der Waals surface area contributed by atoms with E-state index < -0.39 is 0 Å². The molecule has 1 N–H and O–H groups in total. The fraction of sp³-hybridized carbons (Fsp3) is 0.538. The van der Waals surface area contributed by atoms with E-state index in [2.05, 4.69) is 29.3 Å². The highest BCUT2D eigenvalue weighted by molar-refractivity contribution is 5.49. The maximum atomic E-state index is 5.75. The van der Waals surface area contributed by atoms with Gasteiger partial charge in [-0.3, -0.25) is 0 Å². The normalized spacial score (nSPS) is 12.2. The van der Waals surface area contributed by atoms with Gasteiger partial charge in [-0.2, -0.15) is 0 Å². The van der Waals surface area contributed by atoms with Crippen LogP contribution in [0.1, 0.15) is 13.3 Å². The maximum absolute atomic E-state index is 5.75. The van der Waals surface area contributed by atoms with Crippen molar-refractivity contribution >= 4 is 5.69 Å². The molecular formula is C13H22N2O. The molecule has 0 aliphatic rings. The molecule has 0 saturated heterocycles. The molecule has 1 aromatic carbocycles. The number of nitrogens with one attached hydrogen (secondary N) is 1. The van der Waals surface area contributed by atoms with Crippen LogP contribution < -0.4 is 15.0 Å². The first-order valence-corrected chi connectivity index (χ1v) is 5.74. The number of ether oxygens (including phenoxy) is 1. The molecule has 3 nitrogen and oxygen atoms in total. The number of hydrogen-bond acceptors (Lipinski definition) is 3. The summed E-state index contributed by atoms with van der Waals surface area (Å²) in [5.41, 5.74) is 1.16. The van der Waals surface area contributed by atoms with E-state index >= 15 is 0 Å². The molecule has 0 bridgehead atoms. The van der Waals surface area contributed by atoms with Crippen LogP contribution in [0.25, 0.3) is 0 Å². The Morgan fingerprint density at radius 1 is 1.38 bits per heavy atom. The molecule has 0 heterocycles. The highest BCUT2D eigenvalue weighted by atomic mass is 16.5. The summed E-state index contributed by atoms with van der Waals surface area (Å²) in [6.07, 6.45) is 1.07. The van der Waals surface area contributed by atoms with Gasteiger partial charge in [0.05, 0.1) is 0 Å². The minimum Gasteiger partial charge on any atom is -0.492 e. The molecule has 3 heteroatoms. The Kier molecular flexibility index (Phi) is 5.12. The van der Waals surface area contributed by atoms with Crippen LogP contribution in [0.3, 0.4) is 0 Å². The van der Waals surface area contributed by atoms with E-state index in [9.17, 15) is 0 Å². The topological polar surface area (TPSA) is 24.5 Å². The van der Waals surface area contributed by atoms with Gasteiger partial charge in [-0.25, -0.2) is 0 Å². The molecule has 1 aromatic rings. The van der Waals surface area contributed by atoms with E-state index in [1.807, 2.05) is 33.3 Å². The molecule has 0 saturated carbocycles. The van der Waals surface area contributed by atoms with Crippen LogP contribution in [-0.4, -0.2) is 33.8 Å². The van der Waals surface area contributed by atoms with Crippen LogP contribution in [0.2, 0.25) is 0 Å². The number of anilines is 1. The average Bonchev–Trinajstić information content (AvgIpc) is 2.31. The molecule has 16 heavy (non-hydrogen) atoms. The SMILES string of the molecule is CCC(COc1cccc(N(C)C)c1)NC. The fourth-order valence-corrected chi connectivity index (χ4v) is 1.45. The summed E-state index contributed by atoms with van der Waals surface area (Å²) in [4.78, 5) is 2.07. The predicted octanol–water partition coefficient (Wildman–Crippen LogP) is 2.13. The zero-order chi connectivity index (χ0) is 12.0. The number of hydrogen-bond donors (Lipinski definition) is 1. The summed E-state index contributed by atoms with van der Waals surface area (Å²) in [6, 6.07) is 8.56. The second-order valence-electron chi connectivity index (χ2n) is 4.10. The highest BCUT2D eigenvalue weighted by Crippen LogP contribution is 2.19. The highest BCUT2D eigenvalue weighted by Gasteiger charge is 2.04. The standard InChI is InChI=1S/C13H22N2O/c1-5-11(14-2)10-16-13-8-6-7-12(9-13)15(3)4/h6-9,11,14H,5,10H2,1-4H3.